The molecule has 0 fully saturated rings. The van der Waals surface area contributed by atoms with Crippen molar-refractivity contribution in [1.82, 2.24) is 5.32 Å². The molecular weight excluding hydrogens is 258 g/mol. The molecule has 2 N–H and O–H groups in total. The van der Waals surface area contributed by atoms with E-state index in [1.807, 2.05) is 0 Å². The third-order valence-electron chi connectivity index (χ3n) is 3.18. The summed E-state index contributed by atoms with van der Waals surface area (Å²) in [5.41, 5.74) is -0.178. The summed E-state index contributed by atoms with van der Waals surface area (Å²) >= 11 is 0. The number of aliphatic hydroxyl groups is 1. The quantitative estimate of drug-likeness (QED) is 0.449. The van der Waals surface area contributed by atoms with Crippen LogP contribution in [-0.2, 0) is 14.2 Å². The maximum absolute atomic E-state index is 9.43. The highest BCUT2D eigenvalue weighted by Gasteiger charge is 2.21. The first kappa shape index (κ1) is 19.8. The molecule has 1 unspecified atom stereocenters. The lowest BCUT2D eigenvalue weighted by Crippen LogP contribution is -2.46. The zero-order valence-corrected chi connectivity index (χ0v) is 13.5. The minimum absolute atomic E-state index is 0.167. The summed E-state index contributed by atoms with van der Waals surface area (Å²) in [5, 5.41) is 12.8. The van der Waals surface area contributed by atoms with Gasteiger partial charge in [0.25, 0.3) is 0 Å². The molecule has 1 atom stereocenters. The van der Waals surface area contributed by atoms with Gasteiger partial charge in [-0.05, 0) is 39.2 Å². The van der Waals surface area contributed by atoms with Gasteiger partial charge >= 0.3 is 0 Å². The van der Waals surface area contributed by atoms with Gasteiger partial charge in [0.15, 0.2) is 0 Å². The van der Waals surface area contributed by atoms with Gasteiger partial charge in [0.1, 0.15) is 0 Å². The van der Waals surface area contributed by atoms with E-state index in [0.717, 1.165) is 52.0 Å². The molecule has 0 aliphatic heterocycles. The fraction of sp³-hybridized carbons (Fsp3) is 1.00. The Kier molecular flexibility index (Phi) is 13.6. The number of methoxy groups -OCH3 is 1. The first-order valence-electron chi connectivity index (χ1n) is 7.69. The minimum atomic E-state index is -0.178. The van der Waals surface area contributed by atoms with E-state index < -0.39 is 0 Å². The Morgan fingerprint density at radius 1 is 1.00 bits per heavy atom. The fourth-order valence-corrected chi connectivity index (χ4v) is 1.82. The minimum Gasteiger partial charge on any atom is -0.394 e. The molecule has 0 aromatic rings. The van der Waals surface area contributed by atoms with Gasteiger partial charge in [-0.25, -0.2) is 0 Å². The van der Waals surface area contributed by atoms with Gasteiger partial charge in [0.2, 0.25) is 0 Å². The summed E-state index contributed by atoms with van der Waals surface area (Å²) in [4.78, 5) is 0. The predicted molar refractivity (Wildman–Crippen MR) is 81.1 cm³/mol. The second-order valence-electron chi connectivity index (χ2n) is 5.32. The van der Waals surface area contributed by atoms with Crippen LogP contribution in [0.1, 0.15) is 39.5 Å². The van der Waals surface area contributed by atoms with E-state index in [-0.39, 0.29) is 12.1 Å². The van der Waals surface area contributed by atoms with E-state index >= 15 is 0 Å². The summed E-state index contributed by atoms with van der Waals surface area (Å²) in [6.45, 7) is 8.77. The normalized spacial score (nSPS) is 14.4. The number of nitrogens with one attached hydrogen (secondary N) is 1. The number of rotatable bonds is 15. The maximum atomic E-state index is 9.43. The zero-order valence-electron chi connectivity index (χ0n) is 13.5. The van der Waals surface area contributed by atoms with Crippen molar-refractivity contribution in [2.24, 2.45) is 0 Å². The predicted octanol–water partition coefficient (Wildman–Crippen LogP) is 1.59. The van der Waals surface area contributed by atoms with Crippen molar-refractivity contribution >= 4 is 0 Å². The number of aliphatic hydroxyl groups excluding tert-OH is 1. The molecule has 122 valence electrons. The topological polar surface area (TPSA) is 60.0 Å². The van der Waals surface area contributed by atoms with Crippen LogP contribution in [0.4, 0.5) is 0 Å². The Hall–Kier alpha value is -0.200. The standard InChI is InChI=1S/C15H33NO4/c1-4-8-16-15(2,14-17)7-5-9-19-10-6-11-20-13-12-18-3/h16-17H,4-14H2,1-3H3. The molecule has 0 aromatic heterocycles. The summed E-state index contributed by atoms with van der Waals surface area (Å²) in [6, 6.07) is 0. The smallest absolute Gasteiger partial charge is 0.0700 e. The highest BCUT2D eigenvalue weighted by atomic mass is 16.5. The molecule has 5 heteroatoms. The Bertz CT molecular complexity index is 204. The van der Waals surface area contributed by atoms with Gasteiger partial charge in [0.05, 0.1) is 19.8 Å². The number of hydrogen-bond donors (Lipinski definition) is 2. The van der Waals surface area contributed by atoms with Crippen molar-refractivity contribution in [3.63, 3.8) is 0 Å². The van der Waals surface area contributed by atoms with Crippen molar-refractivity contribution in [2.75, 3.05) is 53.3 Å². The van der Waals surface area contributed by atoms with E-state index in [1.54, 1.807) is 7.11 Å². The molecule has 5 nitrogen and oxygen atoms in total. The number of hydrogen-bond acceptors (Lipinski definition) is 5. The molecule has 0 radical (unpaired) electrons. The monoisotopic (exact) mass is 291 g/mol. The SMILES string of the molecule is CCCNC(C)(CO)CCCOCCCOCCOC. The van der Waals surface area contributed by atoms with E-state index in [9.17, 15) is 5.11 Å². The summed E-state index contributed by atoms with van der Waals surface area (Å²) in [5.74, 6) is 0. The molecule has 0 heterocycles. The number of ether oxygens (including phenoxy) is 3. The largest absolute Gasteiger partial charge is 0.394 e. The van der Waals surface area contributed by atoms with Gasteiger partial charge in [-0.3, -0.25) is 0 Å². The molecule has 20 heavy (non-hydrogen) atoms. The molecule has 0 rings (SSSR count). The molecule has 0 aromatic carbocycles. The van der Waals surface area contributed by atoms with Crippen LogP contribution < -0.4 is 5.32 Å². The third kappa shape index (κ3) is 11.6. The average molecular weight is 291 g/mol. The maximum Gasteiger partial charge on any atom is 0.0700 e. The van der Waals surface area contributed by atoms with Crippen LogP contribution in [0.15, 0.2) is 0 Å². The molecule has 0 aliphatic rings. The van der Waals surface area contributed by atoms with E-state index in [4.69, 9.17) is 14.2 Å². The molecule has 0 saturated carbocycles. The first-order chi connectivity index (χ1) is 9.68. The molecule has 0 bridgehead atoms. The van der Waals surface area contributed by atoms with E-state index in [2.05, 4.69) is 19.2 Å². The Balaban J connectivity index is 3.37. The van der Waals surface area contributed by atoms with Crippen LogP contribution >= 0.6 is 0 Å². The molecular formula is C15H33NO4. The van der Waals surface area contributed by atoms with Gasteiger partial charge in [-0.2, -0.15) is 0 Å². The van der Waals surface area contributed by atoms with Crippen LogP contribution in [0.3, 0.4) is 0 Å². The van der Waals surface area contributed by atoms with Crippen LogP contribution in [0.5, 0.6) is 0 Å². The molecule has 0 aliphatic carbocycles. The van der Waals surface area contributed by atoms with Gasteiger partial charge in [0, 0.05) is 32.5 Å². The Labute approximate surface area is 124 Å². The van der Waals surface area contributed by atoms with Gasteiger partial charge in [-0.15, -0.1) is 0 Å². The van der Waals surface area contributed by atoms with Crippen LogP contribution in [0, 0.1) is 0 Å². The van der Waals surface area contributed by atoms with Crippen LogP contribution in [-0.4, -0.2) is 63.9 Å². The Morgan fingerprint density at radius 2 is 1.65 bits per heavy atom. The lowest BCUT2D eigenvalue weighted by atomic mass is 9.97. The molecule has 0 spiro atoms. The second-order valence-corrected chi connectivity index (χ2v) is 5.32. The van der Waals surface area contributed by atoms with Crippen molar-refractivity contribution in [3.05, 3.63) is 0 Å². The van der Waals surface area contributed by atoms with Crippen LogP contribution in [0.2, 0.25) is 0 Å². The lowest BCUT2D eigenvalue weighted by Gasteiger charge is -2.28. The summed E-state index contributed by atoms with van der Waals surface area (Å²) in [6.07, 6.45) is 3.87. The van der Waals surface area contributed by atoms with Crippen LogP contribution in [0.25, 0.3) is 0 Å². The summed E-state index contributed by atoms with van der Waals surface area (Å²) in [7, 11) is 1.67. The summed E-state index contributed by atoms with van der Waals surface area (Å²) < 4.78 is 15.8. The van der Waals surface area contributed by atoms with Crippen molar-refractivity contribution < 1.29 is 19.3 Å². The third-order valence-corrected chi connectivity index (χ3v) is 3.18. The van der Waals surface area contributed by atoms with Gasteiger partial charge in [-0.1, -0.05) is 6.92 Å². The second kappa shape index (κ2) is 13.8. The first-order valence-corrected chi connectivity index (χ1v) is 7.69. The van der Waals surface area contributed by atoms with E-state index in [1.165, 1.54) is 0 Å². The van der Waals surface area contributed by atoms with E-state index in [0.29, 0.717) is 13.2 Å². The lowest BCUT2D eigenvalue weighted by molar-refractivity contribution is 0.0492. The molecule has 0 amide bonds. The highest BCUT2D eigenvalue weighted by molar-refractivity contribution is 4.81. The van der Waals surface area contributed by atoms with Crippen molar-refractivity contribution in [1.29, 1.82) is 0 Å². The fourth-order valence-electron chi connectivity index (χ4n) is 1.82. The van der Waals surface area contributed by atoms with Crippen molar-refractivity contribution in [2.45, 2.75) is 45.1 Å². The van der Waals surface area contributed by atoms with Gasteiger partial charge < -0.3 is 24.6 Å². The van der Waals surface area contributed by atoms with Crippen molar-refractivity contribution in [3.8, 4) is 0 Å². The Morgan fingerprint density at radius 3 is 2.25 bits per heavy atom. The molecule has 0 saturated heterocycles. The average Bonchev–Trinajstić information content (AvgIpc) is 2.47. The highest BCUT2D eigenvalue weighted by Crippen LogP contribution is 2.11. The zero-order chi connectivity index (χ0) is 15.1.